The van der Waals surface area contributed by atoms with Crippen LogP contribution in [0.2, 0.25) is 0 Å². The lowest BCUT2D eigenvalue weighted by molar-refractivity contribution is 0.612. The van der Waals surface area contributed by atoms with Crippen molar-refractivity contribution in [1.82, 2.24) is 4.98 Å². The van der Waals surface area contributed by atoms with E-state index in [1.807, 2.05) is 0 Å². The summed E-state index contributed by atoms with van der Waals surface area (Å²) >= 11 is 0. The lowest BCUT2D eigenvalue weighted by atomic mass is 9.97. The fourth-order valence-electron chi connectivity index (χ4n) is 1.65. The first-order valence-corrected chi connectivity index (χ1v) is 4.91. The second-order valence-electron chi connectivity index (χ2n) is 3.43. The number of pyridine rings is 1. The van der Waals surface area contributed by atoms with Gasteiger partial charge in [0.05, 0.1) is 23.4 Å². The van der Waals surface area contributed by atoms with Crippen LogP contribution < -0.4 is 0 Å². The number of nitriles is 2. The van der Waals surface area contributed by atoms with Gasteiger partial charge in [0.25, 0.3) is 0 Å². The molecule has 0 spiro atoms. The zero-order valence-corrected chi connectivity index (χ0v) is 8.98. The number of halogens is 2. The topological polar surface area (TPSA) is 60.5 Å². The number of benzene rings is 1. The fourth-order valence-corrected chi connectivity index (χ4v) is 1.65. The van der Waals surface area contributed by atoms with Crippen LogP contribution in [0.15, 0.2) is 30.6 Å². The van der Waals surface area contributed by atoms with Gasteiger partial charge in [0.1, 0.15) is 11.9 Å². The van der Waals surface area contributed by atoms with Crippen molar-refractivity contribution in [3.8, 4) is 23.3 Å². The molecule has 0 unspecified atom stereocenters. The Bertz CT molecular complexity index is 635. The molecule has 0 saturated heterocycles. The minimum absolute atomic E-state index is 0.0309. The normalized spacial score (nSPS) is 9.56. The Morgan fingerprint density at radius 1 is 0.889 bits per heavy atom. The monoisotopic (exact) mass is 241 g/mol. The summed E-state index contributed by atoms with van der Waals surface area (Å²) in [4.78, 5) is 3.52. The van der Waals surface area contributed by atoms with Gasteiger partial charge in [-0.25, -0.2) is 8.78 Å². The van der Waals surface area contributed by atoms with Gasteiger partial charge in [0.2, 0.25) is 0 Å². The number of hydrogen-bond donors (Lipinski definition) is 0. The molecule has 0 atom stereocenters. The van der Waals surface area contributed by atoms with Crippen molar-refractivity contribution < 1.29 is 8.78 Å². The molecule has 18 heavy (non-hydrogen) atoms. The second-order valence-corrected chi connectivity index (χ2v) is 3.43. The van der Waals surface area contributed by atoms with Crippen molar-refractivity contribution in [2.24, 2.45) is 0 Å². The first-order chi connectivity index (χ1) is 8.69. The molecule has 1 heterocycles. The van der Waals surface area contributed by atoms with Gasteiger partial charge >= 0.3 is 0 Å². The minimum Gasteiger partial charge on any atom is -0.260 e. The average molecular weight is 241 g/mol. The van der Waals surface area contributed by atoms with Crippen LogP contribution >= 0.6 is 0 Å². The van der Waals surface area contributed by atoms with Crippen molar-refractivity contribution in [2.45, 2.75) is 0 Å². The Hall–Kier alpha value is -2.79. The van der Waals surface area contributed by atoms with E-state index in [1.54, 1.807) is 12.1 Å². The van der Waals surface area contributed by atoms with Crippen molar-refractivity contribution in [1.29, 1.82) is 10.5 Å². The Labute approximate surface area is 102 Å². The molecule has 0 fully saturated rings. The number of rotatable bonds is 1. The molecule has 0 bridgehead atoms. The molecule has 0 saturated carbocycles. The molecule has 0 amide bonds. The number of aromatic nitrogens is 1. The van der Waals surface area contributed by atoms with Crippen LogP contribution in [0.3, 0.4) is 0 Å². The van der Waals surface area contributed by atoms with Gasteiger partial charge < -0.3 is 0 Å². The third-order valence-corrected chi connectivity index (χ3v) is 2.40. The summed E-state index contributed by atoms with van der Waals surface area (Å²) in [5.74, 6) is -1.59. The van der Waals surface area contributed by atoms with Crippen LogP contribution in [-0.4, -0.2) is 4.98 Å². The Morgan fingerprint density at radius 2 is 1.56 bits per heavy atom. The van der Waals surface area contributed by atoms with Crippen LogP contribution in [0.1, 0.15) is 11.1 Å². The molecule has 0 aliphatic rings. The third-order valence-electron chi connectivity index (χ3n) is 2.40. The maximum absolute atomic E-state index is 13.8. The highest BCUT2D eigenvalue weighted by Gasteiger charge is 2.18. The second kappa shape index (κ2) is 4.60. The van der Waals surface area contributed by atoms with Gasteiger partial charge in [-0.15, -0.1) is 0 Å². The highest BCUT2D eigenvalue weighted by Crippen LogP contribution is 2.31. The molecule has 2 aromatic rings. The van der Waals surface area contributed by atoms with E-state index < -0.39 is 11.6 Å². The molecule has 0 radical (unpaired) electrons. The first-order valence-electron chi connectivity index (χ1n) is 4.91. The Kier molecular flexibility index (Phi) is 2.99. The highest BCUT2D eigenvalue weighted by molar-refractivity contribution is 5.76. The maximum Gasteiger partial charge on any atom is 0.150 e. The van der Waals surface area contributed by atoms with Crippen LogP contribution in [-0.2, 0) is 0 Å². The summed E-state index contributed by atoms with van der Waals surface area (Å²) in [5.41, 5.74) is -0.591. The molecule has 5 heteroatoms. The average Bonchev–Trinajstić information content (AvgIpc) is 2.38. The summed E-state index contributed by atoms with van der Waals surface area (Å²) in [6.45, 7) is 0. The summed E-state index contributed by atoms with van der Waals surface area (Å²) < 4.78 is 27.5. The quantitative estimate of drug-likeness (QED) is 0.771. The van der Waals surface area contributed by atoms with E-state index in [0.29, 0.717) is 0 Å². The van der Waals surface area contributed by atoms with Crippen LogP contribution in [0.25, 0.3) is 11.1 Å². The third kappa shape index (κ3) is 1.79. The smallest absolute Gasteiger partial charge is 0.150 e. The lowest BCUT2D eigenvalue weighted by Gasteiger charge is -2.08. The molecule has 1 aromatic heterocycles. The van der Waals surface area contributed by atoms with Crippen molar-refractivity contribution in [3.05, 3.63) is 53.4 Å². The van der Waals surface area contributed by atoms with Gasteiger partial charge in [-0.05, 0) is 12.1 Å². The molecule has 1 aromatic carbocycles. The molecule has 2 rings (SSSR count). The van der Waals surface area contributed by atoms with Gasteiger partial charge in [0, 0.05) is 17.3 Å². The Balaban J connectivity index is 2.87. The number of nitrogens with zero attached hydrogens (tertiary/aromatic N) is 3. The van der Waals surface area contributed by atoms with E-state index in [0.717, 1.165) is 18.5 Å². The summed E-state index contributed by atoms with van der Waals surface area (Å²) in [6, 6.07) is 7.33. The lowest BCUT2D eigenvalue weighted by Crippen LogP contribution is -1.97. The summed E-state index contributed by atoms with van der Waals surface area (Å²) in [7, 11) is 0. The fraction of sp³-hybridized carbons (Fsp3) is 0. The zero-order valence-electron chi connectivity index (χ0n) is 8.98. The zero-order chi connectivity index (χ0) is 13.1. The summed E-state index contributed by atoms with van der Waals surface area (Å²) in [6.07, 6.45) is 2.01. The van der Waals surface area contributed by atoms with Crippen molar-refractivity contribution in [3.63, 3.8) is 0 Å². The number of hydrogen-bond acceptors (Lipinski definition) is 3. The van der Waals surface area contributed by atoms with Crippen molar-refractivity contribution >= 4 is 0 Å². The van der Waals surface area contributed by atoms with E-state index in [9.17, 15) is 8.78 Å². The standard InChI is InChI=1S/C13H5F2N3/c14-10-3-1-2-8(4-16)12(10)13-9(5-17)6-18-7-11(13)15/h1-3,6-7H. The van der Waals surface area contributed by atoms with E-state index >= 15 is 0 Å². The van der Waals surface area contributed by atoms with Gasteiger partial charge in [0.15, 0.2) is 5.82 Å². The van der Waals surface area contributed by atoms with E-state index in [-0.39, 0.29) is 22.3 Å². The summed E-state index contributed by atoms with van der Waals surface area (Å²) in [5, 5.41) is 17.8. The molecule has 86 valence electrons. The molecular weight excluding hydrogens is 236 g/mol. The molecule has 0 N–H and O–H groups in total. The first kappa shape index (κ1) is 11.7. The predicted molar refractivity (Wildman–Crippen MR) is 59.0 cm³/mol. The molecule has 0 aliphatic heterocycles. The van der Waals surface area contributed by atoms with Gasteiger partial charge in [-0.3, -0.25) is 4.98 Å². The van der Waals surface area contributed by atoms with Crippen LogP contribution in [0, 0.1) is 34.3 Å². The molecule has 3 nitrogen and oxygen atoms in total. The van der Waals surface area contributed by atoms with Gasteiger partial charge in [-0.2, -0.15) is 10.5 Å². The van der Waals surface area contributed by atoms with Gasteiger partial charge in [-0.1, -0.05) is 6.07 Å². The Morgan fingerprint density at radius 3 is 2.22 bits per heavy atom. The van der Waals surface area contributed by atoms with E-state index in [1.165, 1.54) is 12.1 Å². The predicted octanol–water partition coefficient (Wildman–Crippen LogP) is 2.77. The van der Waals surface area contributed by atoms with E-state index in [2.05, 4.69) is 4.98 Å². The maximum atomic E-state index is 13.8. The SMILES string of the molecule is N#Cc1cccc(F)c1-c1c(F)cncc1C#N. The minimum atomic E-state index is -0.837. The van der Waals surface area contributed by atoms with E-state index in [4.69, 9.17) is 10.5 Å². The van der Waals surface area contributed by atoms with Crippen LogP contribution in [0.5, 0.6) is 0 Å². The van der Waals surface area contributed by atoms with Crippen molar-refractivity contribution in [2.75, 3.05) is 0 Å². The van der Waals surface area contributed by atoms with Crippen LogP contribution in [0.4, 0.5) is 8.78 Å². The molecule has 0 aliphatic carbocycles. The largest absolute Gasteiger partial charge is 0.260 e. The molecular formula is C13H5F2N3. The highest BCUT2D eigenvalue weighted by atomic mass is 19.1.